The predicted octanol–water partition coefficient (Wildman–Crippen LogP) is 2.46. The molecule has 0 aliphatic rings. The van der Waals surface area contributed by atoms with Crippen LogP contribution in [0, 0.1) is 0 Å². The van der Waals surface area contributed by atoms with Crippen molar-refractivity contribution in [3.05, 3.63) is 42.2 Å². The maximum Gasteiger partial charge on any atom is 0.160 e. The van der Waals surface area contributed by atoms with Crippen molar-refractivity contribution < 1.29 is 0 Å². The van der Waals surface area contributed by atoms with Gasteiger partial charge in [-0.3, -0.25) is 4.98 Å². The van der Waals surface area contributed by atoms with Crippen molar-refractivity contribution in [2.75, 3.05) is 10.7 Å². The van der Waals surface area contributed by atoms with Crippen molar-refractivity contribution in [1.29, 1.82) is 0 Å². The first-order valence-corrected chi connectivity index (χ1v) is 5.97. The molecule has 0 radical (unpaired) electrons. The molecule has 0 aliphatic heterocycles. The number of para-hydroxylation sites is 1. The quantitative estimate of drug-likeness (QED) is 0.555. The van der Waals surface area contributed by atoms with Gasteiger partial charge in [0.1, 0.15) is 0 Å². The zero-order valence-electron chi connectivity index (χ0n) is 10.4. The third-order valence-corrected chi connectivity index (χ3v) is 2.58. The van der Waals surface area contributed by atoms with E-state index in [-0.39, 0.29) is 0 Å². The molecule has 0 atom stereocenters. The van der Waals surface area contributed by atoms with Crippen LogP contribution < -0.4 is 16.6 Å². The lowest BCUT2D eigenvalue weighted by molar-refractivity contribution is 0.923. The van der Waals surface area contributed by atoms with Gasteiger partial charge in [0.05, 0.1) is 12.4 Å². The molecule has 2 rings (SSSR count). The molecule has 5 heteroatoms. The van der Waals surface area contributed by atoms with Gasteiger partial charge in [0, 0.05) is 5.69 Å². The van der Waals surface area contributed by atoms with Gasteiger partial charge in [-0.25, -0.2) is 10.8 Å². The number of aromatic nitrogens is 2. The second kappa shape index (κ2) is 5.97. The Kier molecular flexibility index (Phi) is 4.09. The fourth-order valence-corrected chi connectivity index (χ4v) is 1.76. The molecule has 0 fully saturated rings. The van der Waals surface area contributed by atoms with E-state index in [2.05, 4.69) is 33.7 Å². The van der Waals surface area contributed by atoms with Crippen molar-refractivity contribution in [3.63, 3.8) is 0 Å². The van der Waals surface area contributed by atoms with Crippen molar-refractivity contribution in [2.24, 2.45) is 5.84 Å². The number of hydrogen-bond acceptors (Lipinski definition) is 5. The highest BCUT2D eigenvalue weighted by Crippen LogP contribution is 2.20. The molecular formula is C13H17N5. The number of rotatable bonds is 5. The van der Waals surface area contributed by atoms with Crippen molar-refractivity contribution in [1.82, 2.24) is 9.97 Å². The summed E-state index contributed by atoms with van der Waals surface area (Å²) in [6.45, 7) is 2.16. The Morgan fingerprint density at radius 2 is 1.94 bits per heavy atom. The Balaban J connectivity index is 2.22. The zero-order chi connectivity index (χ0) is 12.8. The number of aryl methyl sites for hydroxylation is 1. The summed E-state index contributed by atoms with van der Waals surface area (Å²) in [4.78, 5) is 8.34. The average molecular weight is 243 g/mol. The minimum Gasteiger partial charge on any atom is -0.339 e. The van der Waals surface area contributed by atoms with Gasteiger partial charge in [0.15, 0.2) is 11.6 Å². The Morgan fingerprint density at radius 1 is 1.17 bits per heavy atom. The van der Waals surface area contributed by atoms with Gasteiger partial charge in [-0.1, -0.05) is 31.5 Å². The van der Waals surface area contributed by atoms with E-state index in [1.54, 1.807) is 12.4 Å². The highest BCUT2D eigenvalue weighted by molar-refractivity contribution is 5.60. The van der Waals surface area contributed by atoms with Crippen molar-refractivity contribution in [3.8, 4) is 0 Å². The van der Waals surface area contributed by atoms with E-state index < -0.39 is 0 Å². The molecule has 4 N–H and O–H groups in total. The van der Waals surface area contributed by atoms with E-state index in [1.165, 1.54) is 5.56 Å². The number of nitrogen functional groups attached to an aromatic ring is 1. The summed E-state index contributed by atoms with van der Waals surface area (Å²) < 4.78 is 0. The molecule has 1 heterocycles. The smallest absolute Gasteiger partial charge is 0.160 e. The third-order valence-electron chi connectivity index (χ3n) is 2.58. The number of nitrogens with one attached hydrogen (secondary N) is 2. The SMILES string of the molecule is CCCc1ccccc1Nc1cncc(NN)n1. The van der Waals surface area contributed by atoms with Crippen LogP contribution >= 0.6 is 0 Å². The first kappa shape index (κ1) is 12.3. The summed E-state index contributed by atoms with van der Waals surface area (Å²) in [6.07, 6.45) is 5.38. The van der Waals surface area contributed by atoms with E-state index in [4.69, 9.17) is 5.84 Å². The maximum absolute atomic E-state index is 5.31. The number of hydrogen-bond donors (Lipinski definition) is 3. The molecule has 18 heavy (non-hydrogen) atoms. The Morgan fingerprint density at radius 3 is 2.72 bits per heavy atom. The summed E-state index contributed by atoms with van der Waals surface area (Å²) in [6, 6.07) is 8.19. The molecule has 5 nitrogen and oxygen atoms in total. The lowest BCUT2D eigenvalue weighted by Crippen LogP contribution is -2.09. The molecule has 0 saturated carbocycles. The van der Waals surface area contributed by atoms with Gasteiger partial charge >= 0.3 is 0 Å². The van der Waals surface area contributed by atoms with Gasteiger partial charge in [-0.15, -0.1) is 0 Å². The zero-order valence-corrected chi connectivity index (χ0v) is 10.4. The molecule has 0 saturated heterocycles. The fraction of sp³-hybridized carbons (Fsp3) is 0.231. The molecule has 1 aromatic carbocycles. The Labute approximate surface area is 106 Å². The summed E-state index contributed by atoms with van der Waals surface area (Å²) in [5.74, 6) is 6.52. The third kappa shape index (κ3) is 2.95. The largest absolute Gasteiger partial charge is 0.339 e. The second-order valence-electron chi connectivity index (χ2n) is 3.97. The summed E-state index contributed by atoms with van der Waals surface area (Å²) >= 11 is 0. The van der Waals surface area contributed by atoms with Crippen LogP contribution in [0.2, 0.25) is 0 Å². The van der Waals surface area contributed by atoms with Gasteiger partial charge in [-0.05, 0) is 18.1 Å². The standard InChI is InChI=1S/C13H17N5/c1-2-5-10-6-3-4-7-11(10)16-12-8-15-9-13(17-12)18-14/h3-4,6-9H,2,5,14H2,1H3,(H2,16,17,18). The van der Waals surface area contributed by atoms with Crippen molar-refractivity contribution in [2.45, 2.75) is 19.8 Å². The monoisotopic (exact) mass is 243 g/mol. The van der Waals surface area contributed by atoms with E-state index in [0.29, 0.717) is 11.6 Å². The van der Waals surface area contributed by atoms with Crippen LogP contribution in [-0.2, 0) is 6.42 Å². The van der Waals surface area contributed by atoms with Crippen LogP contribution in [0.5, 0.6) is 0 Å². The molecule has 94 valence electrons. The lowest BCUT2D eigenvalue weighted by Gasteiger charge is -2.11. The molecule has 0 amide bonds. The molecular weight excluding hydrogens is 226 g/mol. The number of nitrogens with two attached hydrogens (primary N) is 1. The van der Waals surface area contributed by atoms with Crippen LogP contribution in [-0.4, -0.2) is 9.97 Å². The minimum absolute atomic E-state index is 0.535. The Bertz CT molecular complexity index is 512. The first-order chi connectivity index (χ1) is 8.83. The van der Waals surface area contributed by atoms with Crippen LogP contribution in [0.15, 0.2) is 36.7 Å². The molecule has 0 unspecified atom stereocenters. The number of anilines is 3. The van der Waals surface area contributed by atoms with Gasteiger partial charge < -0.3 is 10.7 Å². The fourth-order valence-electron chi connectivity index (χ4n) is 1.76. The molecule has 0 aliphatic carbocycles. The summed E-state index contributed by atoms with van der Waals surface area (Å²) in [5, 5.41) is 3.26. The molecule has 0 bridgehead atoms. The van der Waals surface area contributed by atoms with Gasteiger partial charge in [0.25, 0.3) is 0 Å². The van der Waals surface area contributed by atoms with Gasteiger partial charge in [0.2, 0.25) is 0 Å². The van der Waals surface area contributed by atoms with E-state index in [9.17, 15) is 0 Å². The highest BCUT2D eigenvalue weighted by atomic mass is 15.3. The lowest BCUT2D eigenvalue weighted by atomic mass is 10.1. The van der Waals surface area contributed by atoms with Gasteiger partial charge in [-0.2, -0.15) is 0 Å². The summed E-state index contributed by atoms with van der Waals surface area (Å²) in [7, 11) is 0. The number of hydrazine groups is 1. The number of benzene rings is 1. The second-order valence-corrected chi connectivity index (χ2v) is 3.97. The molecule has 2 aromatic rings. The average Bonchev–Trinajstić information content (AvgIpc) is 2.41. The van der Waals surface area contributed by atoms with E-state index in [1.807, 2.05) is 18.2 Å². The number of nitrogens with zero attached hydrogens (tertiary/aromatic N) is 2. The summed E-state index contributed by atoms with van der Waals surface area (Å²) in [5.41, 5.74) is 4.81. The first-order valence-electron chi connectivity index (χ1n) is 5.97. The van der Waals surface area contributed by atoms with E-state index >= 15 is 0 Å². The topological polar surface area (TPSA) is 75.9 Å². The minimum atomic E-state index is 0.535. The highest BCUT2D eigenvalue weighted by Gasteiger charge is 2.03. The molecule has 1 aromatic heterocycles. The van der Waals surface area contributed by atoms with Crippen LogP contribution in [0.3, 0.4) is 0 Å². The van der Waals surface area contributed by atoms with Crippen LogP contribution in [0.4, 0.5) is 17.3 Å². The normalized spacial score (nSPS) is 10.1. The predicted molar refractivity (Wildman–Crippen MR) is 73.6 cm³/mol. The maximum atomic E-state index is 5.31. The Hall–Kier alpha value is -2.14. The van der Waals surface area contributed by atoms with Crippen LogP contribution in [0.1, 0.15) is 18.9 Å². The van der Waals surface area contributed by atoms with Crippen LogP contribution in [0.25, 0.3) is 0 Å². The van der Waals surface area contributed by atoms with Crippen molar-refractivity contribution >= 4 is 17.3 Å². The molecule has 0 spiro atoms. The van der Waals surface area contributed by atoms with E-state index in [0.717, 1.165) is 18.5 Å².